The van der Waals surface area contributed by atoms with Crippen LogP contribution in [-0.2, 0) is 5.75 Å². The van der Waals surface area contributed by atoms with E-state index in [0.717, 1.165) is 35.0 Å². The predicted octanol–water partition coefficient (Wildman–Crippen LogP) is 4.98. The van der Waals surface area contributed by atoms with Crippen LogP contribution in [0.25, 0.3) is 10.9 Å². The highest BCUT2D eigenvalue weighted by Crippen LogP contribution is 2.39. The Balaban J connectivity index is 1.78. The number of fused-ring (bicyclic) bond motifs is 1. The van der Waals surface area contributed by atoms with Gasteiger partial charge >= 0.3 is 0 Å². The molecule has 2 heterocycles. The van der Waals surface area contributed by atoms with Crippen LogP contribution in [0.15, 0.2) is 44.8 Å². The van der Waals surface area contributed by atoms with Crippen LogP contribution in [0.4, 0.5) is 0 Å². The zero-order valence-electron chi connectivity index (χ0n) is 16.0. The maximum Gasteiger partial charge on any atom is 0.262 e. The van der Waals surface area contributed by atoms with E-state index < -0.39 is 0 Å². The van der Waals surface area contributed by atoms with E-state index in [2.05, 4.69) is 19.0 Å². The first-order valence-corrected chi connectivity index (χ1v) is 10.6. The van der Waals surface area contributed by atoms with Gasteiger partial charge in [-0.3, -0.25) is 9.36 Å². The SMILES string of the molecule is Cc1cc(CSc2nc3ccccc3c(=O)n2[C@H]2CCC[C@H](C)[C@H]2C)no1. The van der Waals surface area contributed by atoms with Crippen LogP contribution < -0.4 is 5.56 Å². The lowest BCUT2D eigenvalue weighted by molar-refractivity contribution is 0.173. The fraction of sp³-hybridized carbons (Fsp3) is 0.476. The highest BCUT2D eigenvalue weighted by atomic mass is 32.2. The fourth-order valence-electron chi connectivity index (χ4n) is 4.06. The van der Waals surface area contributed by atoms with Crippen molar-refractivity contribution in [2.45, 2.75) is 57.0 Å². The molecular weight excluding hydrogens is 358 g/mol. The van der Waals surface area contributed by atoms with Gasteiger partial charge < -0.3 is 4.52 Å². The zero-order chi connectivity index (χ0) is 19.0. The van der Waals surface area contributed by atoms with Crippen molar-refractivity contribution in [1.82, 2.24) is 14.7 Å². The lowest BCUT2D eigenvalue weighted by atomic mass is 9.78. The number of para-hydroxylation sites is 1. The lowest BCUT2D eigenvalue weighted by Crippen LogP contribution is -2.35. The molecule has 4 rings (SSSR count). The number of nitrogens with zero attached hydrogens (tertiary/aromatic N) is 3. The summed E-state index contributed by atoms with van der Waals surface area (Å²) >= 11 is 1.57. The summed E-state index contributed by atoms with van der Waals surface area (Å²) in [6.45, 7) is 6.45. The average Bonchev–Trinajstić information content (AvgIpc) is 3.08. The standard InChI is InChI=1S/C21H25N3O2S/c1-13-7-6-10-19(15(13)3)24-20(25)17-8-4-5-9-18(17)22-21(24)27-12-16-11-14(2)26-23-16/h4-5,8-9,11,13,15,19H,6-7,10,12H2,1-3H3/t13-,15+,19-/m0/s1. The molecule has 3 atom stereocenters. The number of benzene rings is 1. The molecule has 0 unspecified atom stereocenters. The number of thioether (sulfide) groups is 1. The van der Waals surface area contributed by atoms with E-state index in [-0.39, 0.29) is 11.6 Å². The molecule has 0 saturated heterocycles. The van der Waals surface area contributed by atoms with E-state index in [9.17, 15) is 4.79 Å². The first-order valence-electron chi connectivity index (χ1n) is 9.61. The van der Waals surface area contributed by atoms with Gasteiger partial charge in [-0.1, -0.05) is 55.7 Å². The highest BCUT2D eigenvalue weighted by molar-refractivity contribution is 7.98. The van der Waals surface area contributed by atoms with Gasteiger partial charge in [-0.05, 0) is 37.3 Å². The Morgan fingerprint density at radius 1 is 1.26 bits per heavy atom. The van der Waals surface area contributed by atoms with Gasteiger partial charge in [0, 0.05) is 17.9 Å². The minimum Gasteiger partial charge on any atom is -0.361 e. The third-order valence-corrected chi connectivity index (χ3v) is 6.78. The molecule has 0 radical (unpaired) electrons. The third kappa shape index (κ3) is 3.55. The summed E-state index contributed by atoms with van der Waals surface area (Å²) in [5.74, 6) is 2.49. The molecule has 27 heavy (non-hydrogen) atoms. The largest absolute Gasteiger partial charge is 0.361 e. The van der Waals surface area contributed by atoms with Crippen molar-refractivity contribution in [3.05, 3.63) is 52.1 Å². The topological polar surface area (TPSA) is 60.9 Å². The van der Waals surface area contributed by atoms with Gasteiger partial charge in [-0.25, -0.2) is 4.98 Å². The minimum atomic E-state index is 0.0744. The van der Waals surface area contributed by atoms with Crippen LogP contribution in [0, 0.1) is 18.8 Å². The molecule has 1 fully saturated rings. The zero-order valence-corrected chi connectivity index (χ0v) is 16.8. The average molecular weight is 384 g/mol. The summed E-state index contributed by atoms with van der Waals surface area (Å²) < 4.78 is 7.13. The van der Waals surface area contributed by atoms with E-state index in [1.54, 1.807) is 11.8 Å². The molecule has 142 valence electrons. The fourth-order valence-corrected chi connectivity index (χ4v) is 5.00. The van der Waals surface area contributed by atoms with Gasteiger partial charge in [0.05, 0.1) is 16.6 Å². The Bertz CT molecular complexity index is 1010. The summed E-state index contributed by atoms with van der Waals surface area (Å²) in [6, 6.07) is 9.76. The van der Waals surface area contributed by atoms with Crippen LogP contribution in [-0.4, -0.2) is 14.7 Å². The van der Waals surface area contributed by atoms with Crippen LogP contribution in [0.3, 0.4) is 0 Å². The Kier molecular flexibility index (Phi) is 5.08. The van der Waals surface area contributed by atoms with Crippen LogP contribution in [0.1, 0.15) is 50.6 Å². The maximum absolute atomic E-state index is 13.4. The molecule has 6 heteroatoms. The first kappa shape index (κ1) is 18.3. The molecule has 0 amide bonds. The number of aryl methyl sites for hydroxylation is 1. The van der Waals surface area contributed by atoms with Gasteiger partial charge in [-0.15, -0.1) is 0 Å². The second kappa shape index (κ2) is 7.50. The van der Waals surface area contributed by atoms with Crippen LogP contribution in [0.2, 0.25) is 0 Å². The van der Waals surface area contributed by atoms with Crippen molar-refractivity contribution in [2.75, 3.05) is 0 Å². The van der Waals surface area contributed by atoms with Gasteiger partial charge in [0.1, 0.15) is 5.76 Å². The van der Waals surface area contributed by atoms with Crippen molar-refractivity contribution in [3.8, 4) is 0 Å². The molecule has 3 aromatic rings. The summed E-state index contributed by atoms with van der Waals surface area (Å²) in [5.41, 5.74) is 1.70. The summed E-state index contributed by atoms with van der Waals surface area (Å²) in [7, 11) is 0. The quantitative estimate of drug-likeness (QED) is 0.469. The smallest absolute Gasteiger partial charge is 0.262 e. The van der Waals surface area contributed by atoms with Crippen molar-refractivity contribution < 1.29 is 4.52 Å². The van der Waals surface area contributed by atoms with Gasteiger partial charge in [-0.2, -0.15) is 0 Å². The Hall–Kier alpha value is -2.08. The van der Waals surface area contributed by atoms with Crippen LogP contribution >= 0.6 is 11.8 Å². The molecule has 1 aliphatic carbocycles. The summed E-state index contributed by atoms with van der Waals surface area (Å²) in [5, 5.41) is 5.56. The Morgan fingerprint density at radius 3 is 2.85 bits per heavy atom. The Morgan fingerprint density at radius 2 is 2.07 bits per heavy atom. The monoisotopic (exact) mass is 383 g/mol. The van der Waals surface area contributed by atoms with Gasteiger partial charge in [0.25, 0.3) is 5.56 Å². The molecule has 1 saturated carbocycles. The molecule has 2 aromatic heterocycles. The maximum atomic E-state index is 13.4. The van der Waals surface area contributed by atoms with E-state index in [0.29, 0.717) is 23.0 Å². The lowest BCUT2D eigenvalue weighted by Gasteiger charge is -2.36. The normalized spacial score (nSPS) is 23.0. The van der Waals surface area contributed by atoms with Crippen molar-refractivity contribution in [1.29, 1.82) is 0 Å². The van der Waals surface area contributed by atoms with E-state index in [1.807, 2.05) is 41.8 Å². The third-order valence-electron chi connectivity index (χ3n) is 5.80. The molecule has 0 spiro atoms. The summed E-state index contributed by atoms with van der Waals surface area (Å²) in [6.07, 6.45) is 3.41. The van der Waals surface area contributed by atoms with Crippen molar-refractivity contribution in [3.63, 3.8) is 0 Å². The molecule has 1 aromatic carbocycles. The number of hydrogen-bond donors (Lipinski definition) is 0. The molecule has 0 N–H and O–H groups in total. The second-order valence-corrected chi connectivity index (χ2v) is 8.58. The van der Waals surface area contributed by atoms with Gasteiger partial charge in [0.2, 0.25) is 0 Å². The molecule has 0 bridgehead atoms. The molecule has 0 aliphatic heterocycles. The van der Waals surface area contributed by atoms with E-state index >= 15 is 0 Å². The van der Waals surface area contributed by atoms with Crippen molar-refractivity contribution >= 4 is 22.7 Å². The molecular formula is C21H25N3O2S. The van der Waals surface area contributed by atoms with E-state index in [1.165, 1.54) is 6.42 Å². The number of aromatic nitrogens is 3. The number of rotatable bonds is 4. The molecule has 5 nitrogen and oxygen atoms in total. The van der Waals surface area contributed by atoms with Crippen molar-refractivity contribution in [2.24, 2.45) is 11.8 Å². The van der Waals surface area contributed by atoms with Crippen LogP contribution in [0.5, 0.6) is 0 Å². The first-order chi connectivity index (χ1) is 13.0. The minimum absolute atomic E-state index is 0.0744. The Labute approximate surface area is 163 Å². The molecule has 1 aliphatic rings. The predicted molar refractivity (Wildman–Crippen MR) is 108 cm³/mol. The second-order valence-electron chi connectivity index (χ2n) is 7.64. The van der Waals surface area contributed by atoms with Gasteiger partial charge in [0.15, 0.2) is 5.16 Å². The highest BCUT2D eigenvalue weighted by Gasteiger charge is 2.31. The van der Waals surface area contributed by atoms with E-state index in [4.69, 9.17) is 9.51 Å². The summed E-state index contributed by atoms with van der Waals surface area (Å²) in [4.78, 5) is 18.3. The number of hydrogen-bond acceptors (Lipinski definition) is 5.